The highest BCUT2D eigenvalue weighted by Gasteiger charge is 2.50. The zero-order valence-corrected chi connectivity index (χ0v) is 23.2. The number of sulfonamides is 1. The highest BCUT2D eigenvalue weighted by atomic mass is 32.2. The minimum absolute atomic E-state index is 0.131. The van der Waals surface area contributed by atoms with E-state index in [0.29, 0.717) is 24.6 Å². The minimum Gasteiger partial charge on any atom is -0.383 e. The second-order valence-electron chi connectivity index (χ2n) is 10.7. The Morgan fingerprint density at radius 1 is 0.865 bits per heavy atom. The molecule has 3 aromatic rings. The van der Waals surface area contributed by atoms with Crippen LogP contribution in [-0.4, -0.2) is 63.1 Å². The van der Waals surface area contributed by atoms with Crippen LogP contribution in [-0.2, 0) is 14.8 Å². The van der Waals surface area contributed by atoms with E-state index in [-0.39, 0.29) is 18.0 Å². The van der Waals surface area contributed by atoms with Crippen molar-refractivity contribution in [3.63, 3.8) is 0 Å². The molecule has 0 unspecified atom stereocenters. The summed E-state index contributed by atoms with van der Waals surface area (Å²) in [6, 6.07) is 23.2. The lowest BCUT2D eigenvalue weighted by molar-refractivity contribution is -0.0635. The average molecular weight is 519 g/mol. The van der Waals surface area contributed by atoms with Crippen LogP contribution in [0.5, 0.6) is 0 Å². The molecule has 3 atom stereocenters. The highest BCUT2D eigenvalue weighted by Crippen LogP contribution is 2.43. The number of ether oxygens (including phenoxy) is 1. The molecule has 0 spiro atoms. The third-order valence-corrected chi connectivity index (χ3v) is 10.1. The SMILES string of the molecule is COC[C@@H]1[C@@H](c2ccc(-c3cc(C)cc(C)c3)cc2)[C@@H]2CN(S(=O)(=O)c3ccccc3C)CCCCN12. The van der Waals surface area contributed by atoms with Crippen molar-refractivity contribution in [2.45, 2.75) is 56.5 Å². The van der Waals surface area contributed by atoms with Gasteiger partial charge in [0, 0.05) is 38.2 Å². The maximum Gasteiger partial charge on any atom is 0.243 e. The zero-order valence-electron chi connectivity index (χ0n) is 22.4. The van der Waals surface area contributed by atoms with Gasteiger partial charge in [-0.05, 0) is 68.5 Å². The molecule has 5 nitrogen and oxygen atoms in total. The Hall–Kier alpha value is -2.51. The standard InChI is InChI=1S/C31H38N2O3S/c1-22-17-23(2)19-27(18-22)25-11-13-26(14-12-25)31-28-20-32(15-7-8-16-33(28)29(31)21-36-4)37(34,35)30-10-6-5-9-24(30)3/h5-6,9-14,17-19,28-29,31H,7-8,15-16,20-21H2,1-4H3/t28-,29+,31-/m0/s1. The lowest BCUT2D eigenvalue weighted by atomic mass is 9.74. The second-order valence-corrected chi connectivity index (χ2v) is 12.6. The smallest absolute Gasteiger partial charge is 0.243 e. The maximum atomic E-state index is 13.7. The van der Waals surface area contributed by atoms with Gasteiger partial charge in [-0.2, -0.15) is 4.31 Å². The van der Waals surface area contributed by atoms with Crippen LogP contribution in [0.1, 0.15) is 41.0 Å². The lowest BCUT2D eigenvalue weighted by Crippen LogP contribution is -2.68. The molecular formula is C31H38N2O3S. The summed E-state index contributed by atoms with van der Waals surface area (Å²) in [6.45, 7) is 8.83. The van der Waals surface area contributed by atoms with Crippen LogP contribution in [0.25, 0.3) is 11.1 Å². The van der Waals surface area contributed by atoms with Crippen molar-refractivity contribution < 1.29 is 13.2 Å². The zero-order chi connectivity index (χ0) is 26.2. The second kappa shape index (κ2) is 10.7. The molecule has 0 saturated carbocycles. The van der Waals surface area contributed by atoms with Crippen molar-refractivity contribution in [1.29, 1.82) is 0 Å². The van der Waals surface area contributed by atoms with E-state index in [1.54, 1.807) is 17.5 Å². The van der Waals surface area contributed by atoms with Crippen LogP contribution in [0.4, 0.5) is 0 Å². The summed E-state index contributed by atoms with van der Waals surface area (Å²) in [5, 5.41) is 0. The van der Waals surface area contributed by atoms with Crippen LogP contribution in [0, 0.1) is 20.8 Å². The molecular weight excluding hydrogens is 480 g/mol. The third-order valence-electron chi connectivity index (χ3n) is 8.05. The molecule has 0 N–H and O–H groups in total. The molecule has 2 aliphatic heterocycles. The predicted molar refractivity (Wildman–Crippen MR) is 149 cm³/mol. The van der Waals surface area contributed by atoms with Gasteiger partial charge in [0.2, 0.25) is 10.0 Å². The van der Waals surface area contributed by atoms with Crippen molar-refractivity contribution in [3.05, 3.63) is 89.0 Å². The number of hydrogen-bond donors (Lipinski definition) is 0. The van der Waals surface area contributed by atoms with E-state index < -0.39 is 10.0 Å². The quantitative estimate of drug-likeness (QED) is 0.430. The molecule has 0 bridgehead atoms. The normalized spacial score (nSPS) is 23.1. The first-order valence-corrected chi connectivity index (χ1v) is 14.7. The van der Waals surface area contributed by atoms with Crippen LogP contribution < -0.4 is 0 Å². The lowest BCUT2D eigenvalue weighted by Gasteiger charge is -2.57. The Kier molecular flexibility index (Phi) is 7.55. The molecule has 0 radical (unpaired) electrons. The Morgan fingerprint density at radius 2 is 1.54 bits per heavy atom. The molecule has 2 heterocycles. The number of rotatable bonds is 6. The Balaban J connectivity index is 1.45. The summed E-state index contributed by atoms with van der Waals surface area (Å²) in [5.74, 6) is 0.223. The molecule has 0 aromatic heterocycles. The van der Waals surface area contributed by atoms with Crippen LogP contribution in [0.3, 0.4) is 0 Å². The van der Waals surface area contributed by atoms with Gasteiger partial charge in [-0.15, -0.1) is 0 Å². The van der Waals surface area contributed by atoms with Crippen LogP contribution in [0.15, 0.2) is 71.6 Å². The fourth-order valence-corrected chi connectivity index (χ4v) is 8.02. The van der Waals surface area contributed by atoms with E-state index in [1.807, 2.05) is 25.1 Å². The van der Waals surface area contributed by atoms with Crippen molar-refractivity contribution in [2.24, 2.45) is 0 Å². The van der Waals surface area contributed by atoms with Crippen LogP contribution >= 0.6 is 0 Å². The summed E-state index contributed by atoms with van der Waals surface area (Å²) in [7, 11) is -1.81. The molecule has 0 amide bonds. The monoisotopic (exact) mass is 518 g/mol. The van der Waals surface area contributed by atoms with Crippen LogP contribution in [0.2, 0.25) is 0 Å². The number of nitrogens with zero attached hydrogens (tertiary/aromatic N) is 2. The first-order valence-electron chi connectivity index (χ1n) is 13.3. The number of methoxy groups -OCH3 is 1. The average Bonchev–Trinajstić information content (AvgIpc) is 2.85. The van der Waals surface area contributed by atoms with Crippen molar-refractivity contribution in [2.75, 3.05) is 33.4 Å². The van der Waals surface area contributed by atoms with Gasteiger partial charge in [-0.3, -0.25) is 4.90 Å². The Morgan fingerprint density at radius 3 is 2.22 bits per heavy atom. The van der Waals surface area contributed by atoms with E-state index in [9.17, 15) is 8.42 Å². The van der Waals surface area contributed by atoms with E-state index in [2.05, 4.69) is 61.2 Å². The van der Waals surface area contributed by atoms with Gasteiger partial charge in [0.1, 0.15) is 0 Å². The van der Waals surface area contributed by atoms with E-state index >= 15 is 0 Å². The summed E-state index contributed by atoms with van der Waals surface area (Å²) >= 11 is 0. The molecule has 2 aliphatic rings. The molecule has 2 saturated heterocycles. The minimum atomic E-state index is -3.57. The van der Waals surface area contributed by atoms with Gasteiger partial charge in [-0.1, -0.05) is 71.8 Å². The molecule has 37 heavy (non-hydrogen) atoms. The Labute approximate surface area is 222 Å². The molecule has 3 aromatic carbocycles. The first kappa shape index (κ1) is 26.1. The fraction of sp³-hybridized carbons (Fsp3) is 0.419. The predicted octanol–water partition coefficient (Wildman–Crippen LogP) is 5.55. The third kappa shape index (κ3) is 5.13. The number of fused-ring (bicyclic) bond motifs is 1. The highest BCUT2D eigenvalue weighted by molar-refractivity contribution is 7.89. The van der Waals surface area contributed by atoms with Gasteiger partial charge < -0.3 is 4.74 Å². The largest absolute Gasteiger partial charge is 0.383 e. The number of benzene rings is 3. The van der Waals surface area contributed by atoms with Crippen molar-refractivity contribution in [3.8, 4) is 11.1 Å². The van der Waals surface area contributed by atoms with E-state index in [1.165, 1.54) is 27.8 Å². The first-order chi connectivity index (χ1) is 17.8. The summed E-state index contributed by atoms with van der Waals surface area (Å²) in [4.78, 5) is 2.90. The summed E-state index contributed by atoms with van der Waals surface area (Å²) < 4.78 is 34.8. The fourth-order valence-electron chi connectivity index (χ4n) is 6.30. The van der Waals surface area contributed by atoms with Gasteiger partial charge in [0.05, 0.1) is 11.5 Å². The number of hydrogen-bond acceptors (Lipinski definition) is 4. The van der Waals surface area contributed by atoms with Crippen molar-refractivity contribution in [1.82, 2.24) is 9.21 Å². The molecule has 2 fully saturated rings. The number of aryl methyl sites for hydroxylation is 3. The maximum absolute atomic E-state index is 13.7. The van der Waals surface area contributed by atoms with E-state index in [0.717, 1.165) is 24.9 Å². The summed E-state index contributed by atoms with van der Waals surface area (Å²) in [5.41, 5.74) is 7.01. The molecule has 0 aliphatic carbocycles. The Bertz CT molecular complexity index is 1330. The van der Waals surface area contributed by atoms with Gasteiger partial charge >= 0.3 is 0 Å². The molecule has 5 rings (SSSR count). The topological polar surface area (TPSA) is 49.9 Å². The van der Waals surface area contributed by atoms with E-state index in [4.69, 9.17) is 4.74 Å². The summed E-state index contributed by atoms with van der Waals surface area (Å²) in [6.07, 6.45) is 1.85. The van der Waals surface area contributed by atoms with Crippen molar-refractivity contribution >= 4 is 10.0 Å². The van der Waals surface area contributed by atoms with Gasteiger partial charge in [0.15, 0.2) is 0 Å². The van der Waals surface area contributed by atoms with Gasteiger partial charge in [0.25, 0.3) is 0 Å². The van der Waals surface area contributed by atoms with Gasteiger partial charge in [-0.25, -0.2) is 8.42 Å². The molecule has 196 valence electrons. The molecule has 6 heteroatoms.